The van der Waals surface area contributed by atoms with Crippen LogP contribution in [0, 0.1) is 6.92 Å². The molecular formula is C21H22ClN3O6. The highest BCUT2D eigenvalue weighted by atomic mass is 35.5. The predicted molar refractivity (Wildman–Crippen MR) is 118 cm³/mol. The first-order valence-corrected chi connectivity index (χ1v) is 9.70. The average Bonchev–Trinajstić information content (AvgIpc) is 3.25. The van der Waals surface area contributed by atoms with Crippen LogP contribution in [0.25, 0.3) is 0 Å². The van der Waals surface area contributed by atoms with E-state index in [1.54, 1.807) is 18.3 Å². The Morgan fingerprint density at radius 2 is 1.68 bits per heavy atom. The molecule has 0 unspecified atom stereocenters. The molecule has 0 bridgehead atoms. The van der Waals surface area contributed by atoms with Gasteiger partial charge in [0.05, 0.1) is 22.5 Å². The van der Waals surface area contributed by atoms with Gasteiger partial charge in [0.2, 0.25) is 0 Å². The largest absolute Gasteiger partial charge is 0.478 e. The normalized spacial score (nSPS) is 12.9. The zero-order valence-corrected chi connectivity index (χ0v) is 17.5. The molecule has 0 aliphatic carbocycles. The number of halogens is 1. The van der Waals surface area contributed by atoms with Gasteiger partial charge in [-0.3, -0.25) is 5.43 Å². The van der Waals surface area contributed by atoms with Crippen molar-refractivity contribution in [1.29, 1.82) is 0 Å². The van der Waals surface area contributed by atoms with Gasteiger partial charge in [0.25, 0.3) is 0 Å². The Balaban J connectivity index is 0.000000501. The molecule has 9 nitrogen and oxygen atoms in total. The molecule has 164 valence electrons. The van der Waals surface area contributed by atoms with Gasteiger partial charge in [0.1, 0.15) is 0 Å². The predicted octanol–water partition coefficient (Wildman–Crippen LogP) is 3.55. The van der Waals surface area contributed by atoms with E-state index in [0.29, 0.717) is 5.69 Å². The van der Waals surface area contributed by atoms with Crippen LogP contribution in [0.1, 0.15) is 34.3 Å². The van der Waals surface area contributed by atoms with Crippen LogP contribution in [0.2, 0.25) is 5.02 Å². The minimum atomic E-state index is -1.82. The zero-order valence-electron chi connectivity index (χ0n) is 16.7. The summed E-state index contributed by atoms with van der Waals surface area (Å²) in [6.45, 7) is 4.31. The molecular weight excluding hydrogens is 426 g/mol. The van der Waals surface area contributed by atoms with E-state index in [0.717, 1.165) is 24.2 Å². The van der Waals surface area contributed by atoms with Gasteiger partial charge in [-0.25, -0.2) is 14.4 Å². The van der Waals surface area contributed by atoms with Crippen LogP contribution in [-0.2, 0) is 9.59 Å². The molecule has 2 aromatic carbocycles. The number of nitrogens with zero attached hydrogens (tertiary/aromatic N) is 2. The minimum absolute atomic E-state index is 0.0491. The Labute approximate surface area is 183 Å². The maximum absolute atomic E-state index is 11.1. The molecule has 0 aromatic heterocycles. The van der Waals surface area contributed by atoms with E-state index in [-0.39, 0.29) is 10.6 Å². The molecule has 4 N–H and O–H groups in total. The molecule has 1 aliphatic heterocycles. The van der Waals surface area contributed by atoms with E-state index >= 15 is 0 Å². The molecule has 1 heterocycles. The van der Waals surface area contributed by atoms with Gasteiger partial charge in [-0.2, -0.15) is 5.10 Å². The van der Waals surface area contributed by atoms with Crippen molar-refractivity contribution in [2.45, 2.75) is 19.8 Å². The number of rotatable bonds is 5. The van der Waals surface area contributed by atoms with E-state index in [9.17, 15) is 4.79 Å². The van der Waals surface area contributed by atoms with Crippen molar-refractivity contribution >= 4 is 47.1 Å². The number of nitrogens with one attached hydrogen (secondary N) is 1. The highest BCUT2D eigenvalue weighted by molar-refractivity contribution is 6.33. The Kier molecular flexibility index (Phi) is 8.39. The van der Waals surface area contributed by atoms with Gasteiger partial charge in [-0.1, -0.05) is 17.7 Å². The van der Waals surface area contributed by atoms with Gasteiger partial charge in [0.15, 0.2) is 0 Å². The lowest BCUT2D eigenvalue weighted by Gasteiger charge is -2.18. The van der Waals surface area contributed by atoms with Crippen LogP contribution < -0.4 is 10.3 Å². The van der Waals surface area contributed by atoms with Crippen molar-refractivity contribution in [1.82, 2.24) is 0 Å². The summed E-state index contributed by atoms with van der Waals surface area (Å²) >= 11 is 5.86. The number of carboxylic acid groups (broad SMARTS) is 3. The van der Waals surface area contributed by atoms with Crippen LogP contribution in [0.3, 0.4) is 0 Å². The molecule has 31 heavy (non-hydrogen) atoms. The molecule has 0 atom stereocenters. The third-order valence-electron chi connectivity index (χ3n) is 4.50. The molecule has 0 amide bonds. The zero-order chi connectivity index (χ0) is 23.0. The summed E-state index contributed by atoms with van der Waals surface area (Å²) in [7, 11) is 0. The fourth-order valence-corrected chi connectivity index (χ4v) is 3.11. The summed E-state index contributed by atoms with van der Waals surface area (Å²) in [5.74, 6) is -4.71. The lowest BCUT2D eigenvalue weighted by atomic mass is 10.1. The molecule has 1 saturated heterocycles. The third-order valence-corrected chi connectivity index (χ3v) is 4.83. The van der Waals surface area contributed by atoms with Crippen molar-refractivity contribution in [2.24, 2.45) is 5.10 Å². The lowest BCUT2D eigenvalue weighted by Crippen LogP contribution is -2.17. The number of anilines is 2. The number of aryl methyl sites for hydroxylation is 1. The number of hydrogen-bond donors (Lipinski definition) is 4. The van der Waals surface area contributed by atoms with E-state index < -0.39 is 17.9 Å². The van der Waals surface area contributed by atoms with E-state index in [1.807, 2.05) is 0 Å². The monoisotopic (exact) mass is 447 g/mol. The van der Waals surface area contributed by atoms with Crippen LogP contribution in [0.15, 0.2) is 41.5 Å². The van der Waals surface area contributed by atoms with Crippen LogP contribution in [0.4, 0.5) is 11.4 Å². The van der Waals surface area contributed by atoms with Crippen LogP contribution in [-0.4, -0.2) is 52.5 Å². The third kappa shape index (κ3) is 7.00. The average molecular weight is 448 g/mol. The smallest absolute Gasteiger partial charge is 0.414 e. The fraction of sp³-hybridized carbons (Fsp3) is 0.238. The number of carboxylic acids is 3. The van der Waals surface area contributed by atoms with Gasteiger partial charge >= 0.3 is 17.9 Å². The second-order valence-corrected chi connectivity index (χ2v) is 7.12. The SMILES string of the molecule is Cc1cc(N2CCCC2)ccc1C=NNc1ccc(Cl)c(C(=O)O)c1.O=C(O)C(=O)O. The molecule has 1 fully saturated rings. The quantitative estimate of drug-likeness (QED) is 0.310. The molecule has 0 spiro atoms. The Morgan fingerprint density at radius 3 is 2.23 bits per heavy atom. The maximum atomic E-state index is 11.1. The lowest BCUT2D eigenvalue weighted by molar-refractivity contribution is -0.159. The summed E-state index contributed by atoms with van der Waals surface area (Å²) in [5.41, 5.74) is 6.89. The topological polar surface area (TPSA) is 140 Å². The molecule has 10 heteroatoms. The molecule has 0 saturated carbocycles. The number of aromatic carboxylic acids is 1. The van der Waals surface area contributed by atoms with Gasteiger partial charge in [0, 0.05) is 18.8 Å². The van der Waals surface area contributed by atoms with Crippen molar-refractivity contribution < 1.29 is 29.7 Å². The minimum Gasteiger partial charge on any atom is -0.478 e. The number of benzene rings is 2. The van der Waals surface area contributed by atoms with Gasteiger partial charge in [-0.05, 0) is 61.2 Å². The van der Waals surface area contributed by atoms with E-state index in [1.165, 1.54) is 24.6 Å². The fourth-order valence-electron chi connectivity index (χ4n) is 2.91. The van der Waals surface area contributed by atoms with Gasteiger partial charge in [-0.15, -0.1) is 0 Å². The number of hydrazone groups is 1. The Bertz CT molecular complexity index is 991. The first kappa shape index (κ1) is 23.7. The second-order valence-electron chi connectivity index (χ2n) is 6.72. The summed E-state index contributed by atoms with van der Waals surface area (Å²) < 4.78 is 0. The molecule has 0 radical (unpaired) electrons. The van der Waals surface area contributed by atoms with E-state index in [2.05, 4.69) is 40.5 Å². The van der Waals surface area contributed by atoms with Crippen LogP contribution >= 0.6 is 11.6 Å². The van der Waals surface area contributed by atoms with Crippen molar-refractivity contribution in [3.8, 4) is 0 Å². The Hall–Kier alpha value is -3.59. The maximum Gasteiger partial charge on any atom is 0.414 e. The first-order chi connectivity index (χ1) is 14.7. The molecule has 2 aromatic rings. The first-order valence-electron chi connectivity index (χ1n) is 9.32. The molecule has 3 rings (SSSR count). The number of hydrogen-bond acceptors (Lipinski definition) is 6. The standard InChI is InChI=1S/C19H20ClN3O2.C2H2O4/c1-13-10-16(23-8-2-3-9-23)6-4-14(13)12-21-22-15-5-7-18(20)17(11-15)19(24)25;3-1(4)2(5)6/h4-7,10-12,22H,2-3,8-9H2,1H3,(H,24,25);(H,3,4)(H,5,6). The molecule has 1 aliphatic rings. The second kappa shape index (κ2) is 11.0. The summed E-state index contributed by atoms with van der Waals surface area (Å²) in [4.78, 5) is 31.7. The number of carbonyl (C=O) groups is 3. The summed E-state index contributed by atoms with van der Waals surface area (Å²) in [6.07, 6.45) is 4.25. The number of aliphatic carboxylic acids is 2. The Morgan fingerprint density at radius 1 is 1.03 bits per heavy atom. The summed E-state index contributed by atoms with van der Waals surface area (Å²) in [6, 6.07) is 11.0. The van der Waals surface area contributed by atoms with Crippen molar-refractivity contribution in [3.05, 3.63) is 58.1 Å². The van der Waals surface area contributed by atoms with Crippen molar-refractivity contribution in [3.63, 3.8) is 0 Å². The highest BCUT2D eigenvalue weighted by Gasteiger charge is 2.13. The van der Waals surface area contributed by atoms with Crippen LogP contribution in [0.5, 0.6) is 0 Å². The van der Waals surface area contributed by atoms with Crippen molar-refractivity contribution in [2.75, 3.05) is 23.4 Å². The highest BCUT2D eigenvalue weighted by Crippen LogP contribution is 2.23. The summed E-state index contributed by atoms with van der Waals surface area (Å²) in [5, 5.41) is 28.3. The van der Waals surface area contributed by atoms with Gasteiger partial charge < -0.3 is 20.2 Å². The van der Waals surface area contributed by atoms with E-state index in [4.69, 9.17) is 36.5 Å².